The number of nitrogens with one attached hydrogen (secondary N) is 1. The number of hydrogen-bond donors (Lipinski definition) is 2. The molecule has 3 atom stereocenters. The van der Waals surface area contributed by atoms with Gasteiger partial charge in [0.2, 0.25) is 0 Å². The van der Waals surface area contributed by atoms with Gasteiger partial charge in [0.1, 0.15) is 11.3 Å². The van der Waals surface area contributed by atoms with Crippen molar-refractivity contribution < 1.29 is 14.0 Å². The van der Waals surface area contributed by atoms with E-state index < -0.39 is 5.91 Å². The summed E-state index contributed by atoms with van der Waals surface area (Å²) in [4.78, 5) is 30.0. The molecule has 4 heterocycles. The number of carbonyl (C=O) groups is 2. The van der Waals surface area contributed by atoms with Crippen molar-refractivity contribution >= 4 is 22.8 Å². The molecule has 2 amide bonds. The first-order valence-corrected chi connectivity index (χ1v) is 7.33. The summed E-state index contributed by atoms with van der Waals surface area (Å²) in [6, 6.07) is 3.26. The molecule has 2 saturated heterocycles. The molecule has 2 aliphatic rings. The van der Waals surface area contributed by atoms with E-state index in [1.165, 1.54) is 12.3 Å². The van der Waals surface area contributed by atoms with Gasteiger partial charge in [0.25, 0.3) is 11.8 Å². The number of aromatic nitrogens is 1. The van der Waals surface area contributed by atoms with Crippen LogP contribution in [-0.2, 0) is 0 Å². The highest BCUT2D eigenvalue weighted by Crippen LogP contribution is 2.28. The van der Waals surface area contributed by atoms with E-state index in [1.807, 2.05) is 0 Å². The third kappa shape index (κ3) is 2.14. The number of nitrogens with two attached hydrogens (primary N) is 1. The number of primary amides is 1. The summed E-state index contributed by atoms with van der Waals surface area (Å²) < 4.78 is 5.34. The normalized spacial score (nSPS) is 26.5. The summed E-state index contributed by atoms with van der Waals surface area (Å²) in [5.41, 5.74) is 5.91. The summed E-state index contributed by atoms with van der Waals surface area (Å²) in [5, 5.41) is 3.69. The molecule has 2 aromatic heterocycles. The molecule has 22 heavy (non-hydrogen) atoms. The van der Waals surface area contributed by atoms with Gasteiger partial charge in [-0.15, -0.1) is 0 Å². The molecule has 2 fully saturated rings. The summed E-state index contributed by atoms with van der Waals surface area (Å²) in [5.74, 6) is -0.246. The van der Waals surface area contributed by atoms with Crippen molar-refractivity contribution in [3.63, 3.8) is 0 Å². The van der Waals surface area contributed by atoms with E-state index in [-0.39, 0.29) is 23.4 Å². The number of rotatable bonds is 3. The first-order valence-electron chi connectivity index (χ1n) is 7.33. The summed E-state index contributed by atoms with van der Waals surface area (Å²) >= 11 is 0. The summed E-state index contributed by atoms with van der Waals surface area (Å²) in [6.45, 7) is 3.10. The lowest BCUT2D eigenvalue weighted by atomic mass is 10.00. The molecule has 0 radical (unpaired) electrons. The molecule has 7 heteroatoms. The smallest absolute Gasteiger partial charge is 0.284 e. The van der Waals surface area contributed by atoms with Gasteiger partial charge in [0.05, 0.1) is 0 Å². The molecular formula is C15H16N4O3. The van der Waals surface area contributed by atoms with Crippen molar-refractivity contribution in [3.8, 4) is 0 Å². The molecule has 3 N–H and O–H groups in total. The molecule has 2 aliphatic heterocycles. The minimum absolute atomic E-state index is 0.0651. The third-order valence-corrected chi connectivity index (χ3v) is 4.53. The number of hydrogen-bond acceptors (Lipinski definition) is 5. The number of carbonyl (C=O) groups excluding carboxylic acids is 2. The predicted molar refractivity (Wildman–Crippen MR) is 78.3 cm³/mol. The van der Waals surface area contributed by atoms with Crippen LogP contribution >= 0.6 is 0 Å². The minimum atomic E-state index is -0.641. The monoisotopic (exact) mass is 300 g/mol. The predicted octanol–water partition coefficient (Wildman–Crippen LogP) is 0.361. The second-order valence-electron chi connectivity index (χ2n) is 5.97. The molecule has 3 unspecified atom stereocenters. The fourth-order valence-corrected chi connectivity index (χ4v) is 3.37. The van der Waals surface area contributed by atoms with E-state index in [9.17, 15) is 9.59 Å². The Morgan fingerprint density at radius 2 is 2.23 bits per heavy atom. The van der Waals surface area contributed by atoms with Crippen LogP contribution in [0.2, 0.25) is 0 Å². The highest BCUT2D eigenvalue weighted by molar-refractivity contribution is 5.98. The van der Waals surface area contributed by atoms with Crippen LogP contribution in [0.1, 0.15) is 27.5 Å². The molecule has 114 valence electrons. The zero-order valence-electron chi connectivity index (χ0n) is 11.9. The molecule has 2 bridgehead atoms. The lowest BCUT2D eigenvalue weighted by Gasteiger charge is -2.22. The van der Waals surface area contributed by atoms with Gasteiger partial charge >= 0.3 is 0 Å². The largest absolute Gasteiger partial charge is 0.451 e. The Hall–Kier alpha value is -2.41. The molecule has 0 aliphatic carbocycles. The van der Waals surface area contributed by atoms with Crippen molar-refractivity contribution in [2.24, 2.45) is 11.7 Å². The van der Waals surface area contributed by atoms with Gasteiger partial charge in [-0.25, -0.2) is 0 Å². The maximum atomic E-state index is 12.3. The number of nitrogens with zero attached hydrogens (tertiary/aromatic N) is 2. The van der Waals surface area contributed by atoms with Gasteiger partial charge < -0.3 is 20.4 Å². The second-order valence-corrected chi connectivity index (χ2v) is 5.97. The van der Waals surface area contributed by atoms with Crippen molar-refractivity contribution in [2.45, 2.75) is 12.5 Å². The second kappa shape index (κ2) is 4.81. The van der Waals surface area contributed by atoms with Crippen LogP contribution in [0.15, 0.2) is 22.7 Å². The fraction of sp³-hybridized carbons (Fsp3) is 0.400. The number of amides is 2. The molecular weight excluding hydrogens is 284 g/mol. The van der Waals surface area contributed by atoms with Crippen LogP contribution in [0.5, 0.6) is 0 Å². The molecule has 2 aromatic rings. The Morgan fingerprint density at radius 1 is 1.36 bits per heavy atom. The zero-order valence-corrected chi connectivity index (χ0v) is 11.9. The number of pyridine rings is 1. The van der Waals surface area contributed by atoms with Crippen molar-refractivity contribution in [1.29, 1.82) is 0 Å². The van der Waals surface area contributed by atoms with Crippen molar-refractivity contribution in [3.05, 3.63) is 29.8 Å². The highest BCUT2D eigenvalue weighted by atomic mass is 16.3. The van der Waals surface area contributed by atoms with Crippen LogP contribution in [0.25, 0.3) is 11.0 Å². The highest BCUT2D eigenvalue weighted by Gasteiger charge is 2.38. The first kappa shape index (κ1) is 13.3. The van der Waals surface area contributed by atoms with E-state index >= 15 is 0 Å². The Balaban J connectivity index is 1.55. The fourth-order valence-electron chi connectivity index (χ4n) is 3.37. The van der Waals surface area contributed by atoms with E-state index in [0.717, 1.165) is 26.1 Å². The summed E-state index contributed by atoms with van der Waals surface area (Å²) in [7, 11) is 0. The Labute approximate surface area is 126 Å². The lowest BCUT2D eigenvalue weighted by Crippen LogP contribution is -2.43. The van der Waals surface area contributed by atoms with Crippen LogP contribution in [-0.4, -0.2) is 47.4 Å². The number of furan rings is 1. The quantitative estimate of drug-likeness (QED) is 0.852. The zero-order chi connectivity index (χ0) is 15.3. The van der Waals surface area contributed by atoms with E-state index in [0.29, 0.717) is 16.9 Å². The Kier molecular flexibility index (Phi) is 2.90. The van der Waals surface area contributed by atoms with Gasteiger partial charge in [0.15, 0.2) is 5.76 Å². The maximum absolute atomic E-state index is 12.3. The topological polar surface area (TPSA) is 101 Å². The first-order chi connectivity index (χ1) is 10.6. The standard InChI is InChI=1S/C15H16N4O3/c16-14(20)13-3-9-5-17-10(4-12(9)22-13)15(21)18-11-7-19-2-1-8(11)6-19/h3-5,8,11H,1-2,6-7H2,(H2,16,20)(H,18,21). The maximum Gasteiger partial charge on any atom is 0.284 e. The minimum Gasteiger partial charge on any atom is -0.451 e. The Morgan fingerprint density at radius 3 is 2.91 bits per heavy atom. The summed E-state index contributed by atoms with van der Waals surface area (Å²) in [6.07, 6.45) is 2.65. The van der Waals surface area contributed by atoms with E-state index in [4.69, 9.17) is 10.2 Å². The molecule has 0 spiro atoms. The lowest BCUT2D eigenvalue weighted by molar-refractivity contribution is 0.0918. The molecule has 7 nitrogen and oxygen atoms in total. The van der Waals surface area contributed by atoms with Crippen LogP contribution in [0.3, 0.4) is 0 Å². The van der Waals surface area contributed by atoms with Crippen LogP contribution < -0.4 is 11.1 Å². The third-order valence-electron chi connectivity index (χ3n) is 4.53. The molecule has 0 aromatic carbocycles. The van der Waals surface area contributed by atoms with Gasteiger partial charge in [0, 0.05) is 36.8 Å². The van der Waals surface area contributed by atoms with Crippen LogP contribution in [0, 0.1) is 5.92 Å². The average Bonchev–Trinajstić information content (AvgIpc) is 3.20. The van der Waals surface area contributed by atoms with E-state index in [2.05, 4.69) is 15.2 Å². The number of fused-ring (bicyclic) bond motifs is 3. The van der Waals surface area contributed by atoms with Gasteiger partial charge in [-0.05, 0) is 24.9 Å². The number of piperidine rings is 1. The van der Waals surface area contributed by atoms with Gasteiger partial charge in [-0.2, -0.15) is 0 Å². The van der Waals surface area contributed by atoms with E-state index in [1.54, 1.807) is 6.07 Å². The van der Waals surface area contributed by atoms with Gasteiger partial charge in [-0.3, -0.25) is 14.6 Å². The van der Waals surface area contributed by atoms with Crippen LogP contribution in [0.4, 0.5) is 0 Å². The van der Waals surface area contributed by atoms with Gasteiger partial charge in [-0.1, -0.05) is 0 Å². The van der Waals surface area contributed by atoms with Crippen molar-refractivity contribution in [2.75, 3.05) is 19.6 Å². The molecule has 0 saturated carbocycles. The average molecular weight is 300 g/mol. The Bertz CT molecular complexity index is 769. The van der Waals surface area contributed by atoms with Crippen molar-refractivity contribution in [1.82, 2.24) is 15.2 Å². The molecule has 4 rings (SSSR count). The SMILES string of the molecule is NC(=O)c1cc2cnc(C(=O)NC3CN4CCC3C4)cc2o1.